The molecule has 0 bridgehead atoms. The number of nitrogens with one attached hydrogen (secondary N) is 2. The van der Waals surface area contributed by atoms with Crippen molar-refractivity contribution < 1.29 is 13.2 Å². The third kappa shape index (κ3) is 5.84. The van der Waals surface area contributed by atoms with Crippen LogP contribution in [0.25, 0.3) is 0 Å². The molecule has 3 rings (SSSR count). The van der Waals surface area contributed by atoms with Crippen LogP contribution in [0.15, 0.2) is 52.1 Å². The van der Waals surface area contributed by atoms with Gasteiger partial charge in [-0.25, -0.2) is 23.1 Å². The predicted octanol–water partition coefficient (Wildman–Crippen LogP) is 2.88. The summed E-state index contributed by atoms with van der Waals surface area (Å²) in [6.45, 7) is 3.95. The van der Waals surface area contributed by atoms with Gasteiger partial charge in [0.05, 0.1) is 15.6 Å². The zero-order valence-corrected chi connectivity index (χ0v) is 18.2. The van der Waals surface area contributed by atoms with Crippen molar-refractivity contribution in [1.29, 1.82) is 0 Å². The number of aromatic nitrogens is 4. The zero-order valence-electron chi connectivity index (χ0n) is 15.8. The first-order valence-electron chi connectivity index (χ1n) is 8.64. The maximum atomic E-state index is 12.5. The minimum atomic E-state index is -3.84. The molecule has 0 saturated heterocycles. The highest BCUT2D eigenvalue weighted by molar-refractivity contribution is 9.10. The second-order valence-corrected chi connectivity index (χ2v) is 8.92. The highest BCUT2D eigenvalue weighted by atomic mass is 79.9. The number of benzene rings is 1. The molecule has 11 heteroatoms. The molecule has 0 aliphatic heterocycles. The Labute approximate surface area is 176 Å². The van der Waals surface area contributed by atoms with E-state index < -0.39 is 10.0 Å². The lowest BCUT2D eigenvalue weighted by molar-refractivity contribution is -0.116. The lowest BCUT2D eigenvalue weighted by atomic mass is 10.3. The van der Waals surface area contributed by atoms with Crippen molar-refractivity contribution in [3.05, 3.63) is 58.6 Å². The van der Waals surface area contributed by atoms with E-state index in [2.05, 4.69) is 41.0 Å². The minimum absolute atomic E-state index is 0.0186. The largest absolute Gasteiger partial charge is 0.326 e. The summed E-state index contributed by atoms with van der Waals surface area (Å²) in [7, 11) is -3.84. The summed E-state index contributed by atoms with van der Waals surface area (Å²) in [6, 6.07) is 7.62. The lowest BCUT2D eigenvalue weighted by Crippen LogP contribution is -2.16. The van der Waals surface area contributed by atoms with Crippen LogP contribution >= 0.6 is 15.9 Å². The Morgan fingerprint density at radius 3 is 2.38 bits per heavy atom. The number of carbonyl (C=O) groups excluding carboxylic acids is 1. The SMILES string of the molecule is Cc1cc(C)nc(NS(=O)(=O)c2ccc(NC(=O)CCn3cc(Br)cn3)cc2)n1. The number of hydrogen-bond donors (Lipinski definition) is 2. The van der Waals surface area contributed by atoms with E-state index in [1.54, 1.807) is 37.0 Å². The van der Waals surface area contributed by atoms with Gasteiger partial charge < -0.3 is 5.32 Å². The van der Waals surface area contributed by atoms with Crippen molar-refractivity contribution in [3.8, 4) is 0 Å². The van der Waals surface area contributed by atoms with E-state index in [4.69, 9.17) is 0 Å². The van der Waals surface area contributed by atoms with Crippen LogP contribution in [0.1, 0.15) is 17.8 Å². The Bertz CT molecular complexity index is 1110. The van der Waals surface area contributed by atoms with Gasteiger partial charge in [0, 0.05) is 36.2 Å². The van der Waals surface area contributed by atoms with E-state index in [9.17, 15) is 13.2 Å². The van der Waals surface area contributed by atoms with E-state index in [0.29, 0.717) is 23.6 Å². The van der Waals surface area contributed by atoms with Gasteiger partial charge in [-0.1, -0.05) is 0 Å². The van der Waals surface area contributed by atoms with Crippen LogP contribution < -0.4 is 10.0 Å². The molecule has 0 aliphatic rings. The summed E-state index contributed by atoms with van der Waals surface area (Å²) in [5, 5.41) is 6.82. The Hall–Kier alpha value is -2.79. The van der Waals surface area contributed by atoms with E-state index in [0.717, 1.165) is 4.47 Å². The predicted molar refractivity (Wildman–Crippen MR) is 112 cm³/mol. The summed E-state index contributed by atoms with van der Waals surface area (Å²) in [5.74, 6) is -0.181. The van der Waals surface area contributed by atoms with E-state index in [1.165, 1.54) is 24.3 Å². The molecule has 0 atom stereocenters. The van der Waals surface area contributed by atoms with Gasteiger partial charge in [-0.15, -0.1) is 0 Å². The maximum absolute atomic E-state index is 12.5. The molecule has 29 heavy (non-hydrogen) atoms. The summed E-state index contributed by atoms with van der Waals surface area (Å²) in [5.41, 5.74) is 1.82. The number of hydrogen-bond acceptors (Lipinski definition) is 6. The first-order valence-corrected chi connectivity index (χ1v) is 10.9. The van der Waals surface area contributed by atoms with Crippen LogP contribution in [-0.2, 0) is 21.4 Å². The highest BCUT2D eigenvalue weighted by Gasteiger charge is 2.16. The standard InChI is InChI=1S/C18H19BrN6O3S/c1-12-9-13(2)22-18(21-12)24-29(27,28)16-5-3-15(4-6-16)23-17(26)7-8-25-11-14(19)10-20-25/h3-6,9-11H,7-8H2,1-2H3,(H,23,26)(H,21,22,24). The van der Waals surface area contributed by atoms with Crippen molar-refractivity contribution in [2.45, 2.75) is 31.7 Å². The number of carbonyl (C=O) groups is 1. The number of nitrogens with zero attached hydrogens (tertiary/aromatic N) is 4. The molecule has 2 heterocycles. The average molecular weight is 479 g/mol. The fraction of sp³-hybridized carbons (Fsp3) is 0.222. The summed E-state index contributed by atoms with van der Waals surface area (Å²) in [4.78, 5) is 20.3. The molecule has 3 aromatic rings. The van der Waals surface area contributed by atoms with Gasteiger partial charge in [0.15, 0.2) is 0 Å². The van der Waals surface area contributed by atoms with Crippen molar-refractivity contribution in [2.75, 3.05) is 10.0 Å². The van der Waals surface area contributed by atoms with Crippen molar-refractivity contribution in [3.63, 3.8) is 0 Å². The molecule has 0 radical (unpaired) electrons. The second kappa shape index (κ2) is 8.70. The van der Waals surface area contributed by atoms with Gasteiger partial charge >= 0.3 is 0 Å². The van der Waals surface area contributed by atoms with Crippen molar-refractivity contribution in [2.24, 2.45) is 0 Å². The van der Waals surface area contributed by atoms with Gasteiger partial charge in [-0.3, -0.25) is 9.48 Å². The first-order chi connectivity index (χ1) is 13.7. The average Bonchev–Trinajstić information content (AvgIpc) is 3.04. The van der Waals surface area contributed by atoms with Crippen LogP contribution in [0.2, 0.25) is 0 Å². The molecule has 0 fully saturated rings. The molecule has 0 unspecified atom stereocenters. The van der Waals surface area contributed by atoms with Gasteiger partial charge in [0.1, 0.15) is 0 Å². The van der Waals surface area contributed by atoms with E-state index in [-0.39, 0.29) is 23.2 Å². The molecular weight excluding hydrogens is 460 g/mol. The molecular formula is C18H19BrN6O3S. The van der Waals surface area contributed by atoms with Gasteiger partial charge in [-0.05, 0) is 60.1 Å². The number of amides is 1. The van der Waals surface area contributed by atoms with Gasteiger partial charge in [0.25, 0.3) is 10.0 Å². The molecule has 0 spiro atoms. The fourth-order valence-corrected chi connectivity index (χ4v) is 3.84. The second-order valence-electron chi connectivity index (χ2n) is 6.32. The quantitative estimate of drug-likeness (QED) is 0.538. The Morgan fingerprint density at radius 2 is 1.79 bits per heavy atom. The smallest absolute Gasteiger partial charge is 0.264 e. The van der Waals surface area contributed by atoms with Crippen LogP contribution in [0.4, 0.5) is 11.6 Å². The topological polar surface area (TPSA) is 119 Å². The molecule has 2 aromatic heterocycles. The normalized spacial score (nSPS) is 11.3. The summed E-state index contributed by atoms with van der Waals surface area (Å²) >= 11 is 3.30. The van der Waals surface area contributed by atoms with Crippen molar-refractivity contribution >= 4 is 43.5 Å². The third-order valence-corrected chi connectivity index (χ3v) is 5.58. The van der Waals surface area contributed by atoms with Gasteiger partial charge in [0.2, 0.25) is 11.9 Å². The Morgan fingerprint density at radius 1 is 1.14 bits per heavy atom. The van der Waals surface area contributed by atoms with Crippen LogP contribution in [0.3, 0.4) is 0 Å². The zero-order chi connectivity index (χ0) is 21.0. The van der Waals surface area contributed by atoms with Crippen LogP contribution in [-0.4, -0.2) is 34.1 Å². The number of rotatable bonds is 7. The number of anilines is 2. The van der Waals surface area contributed by atoms with Crippen LogP contribution in [0.5, 0.6) is 0 Å². The summed E-state index contributed by atoms with van der Waals surface area (Å²) in [6.07, 6.45) is 3.66. The van der Waals surface area contributed by atoms with E-state index in [1.807, 2.05) is 0 Å². The number of sulfonamides is 1. The number of aryl methyl sites for hydroxylation is 3. The Kier molecular flexibility index (Phi) is 6.28. The van der Waals surface area contributed by atoms with Crippen LogP contribution in [0, 0.1) is 13.8 Å². The lowest BCUT2D eigenvalue weighted by Gasteiger charge is -2.09. The minimum Gasteiger partial charge on any atom is -0.326 e. The molecule has 0 aliphatic carbocycles. The molecule has 9 nitrogen and oxygen atoms in total. The molecule has 1 aromatic carbocycles. The molecule has 152 valence electrons. The Balaban J connectivity index is 1.61. The molecule has 2 N–H and O–H groups in total. The maximum Gasteiger partial charge on any atom is 0.264 e. The first kappa shape index (κ1) is 20.9. The highest BCUT2D eigenvalue weighted by Crippen LogP contribution is 2.17. The third-order valence-electron chi connectivity index (χ3n) is 3.83. The molecule has 0 saturated carbocycles. The fourth-order valence-electron chi connectivity index (χ4n) is 2.57. The monoisotopic (exact) mass is 478 g/mol. The molecule has 1 amide bonds. The van der Waals surface area contributed by atoms with Crippen molar-refractivity contribution in [1.82, 2.24) is 19.7 Å². The van der Waals surface area contributed by atoms with E-state index >= 15 is 0 Å². The van der Waals surface area contributed by atoms with Gasteiger partial charge in [-0.2, -0.15) is 5.10 Å². The summed E-state index contributed by atoms with van der Waals surface area (Å²) < 4.78 is 29.9. The number of halogens is 1.